The van der Waals surface area contributed by atoms with Gasteiger partial charge in [-0.25, -0.2) is 13.2 Å². The summed E-state index contributed by atoms with van der Waals surface area (Å²) in [5.41, 5.74) is -0.501. The number of halogens is 3. The van der Waals surface area contributed by atoms with Crippen molar-refractivity contribution in [2.45, 2.75) is 32.1 Å². The fraction of sp³-hybridized carbons (Fsp3) is 0.571. The van der Waals surface area contributed by atoms with Crippen LogP contribution in [0.15, 0.2) is 12.1 Å². The van der Waals surface area contributed by atoms with E-state index in [0.29, 0.717) is 32.0 Å². The topological polar surface area (TPSA) is 81.8 Å². The summed E-state index contributed by atoms with van der Waals surface area (Å²) >= 11 is 0. The highest BCUT2D eigenvalue weighted by Gasteiger charge is 2.29. The Hall–Kier alpha value is -2.62. The van der Waals surface area contributed by atoms with Crippen LogP contribution in [0.2, 0.25) is 0 Å². The third-order valence-electron chi connectivity index (χ3n) is 5.73. The molecule has 0 unspecified atom stereocenters. The molecule has 2 heterocycles. The molecule has 2 aliphatic rings. The van der Waals surface area contributed by atoms with Gasteiger partial charge in [-0.2, -0.15) is 0 Å². The maximum Gasteiger partial charge on any atom is 0.243 e. The molecule has 0 saturated carbocycles. The van der Waals surface area contributed by atoms with E-state index < -0.39 is 35.6 Å². The summed E-state index contributed by atoms with van der Waals surface area (Å²) in [4.78, 5) is 40.4. The van der Waals surface area contributed by atoms with Crippen LogP contribution in [0, 0.1) is 23.4 Å². The minimum Gasteiger partial charge on any atom is -0.346 e. The predicted molar refractivity (Wildman–Crippen MR) is 108 cm³/mol. The molecule has 7 nitrogen and oxygen atoms in total. The molecule has 0 atom stereocenters. The second-order valence-corrected chi connectivity index (χ2v) is 7.98. The molecule has 2 saturated heterocycles. The lowest BCUT2D eigenvalue weighted by Gasteiger charge is -2.35. The number of hydrogen-bond acceptors (Lipinski definition) is 4. The molecule has 31 heavy (non-hydrogen) atoms. The summed E-state index contributed by atoms with van der Waals surface area (Å²) in [6, 6.07) is 1.61. The van der Waals surface area contributed by atoms with E-state index in [9.17, 15) is 27.6 Å². The van der Waals surface area contributed by atoms with Gasteiger partial charge in [-0.15, -0.1) is 0 Å². The van der Waals surface area contributed by atoms with Gasteiger partial charge >= 0.3 is 0 Å². The zero-order valence-electron chi connectivity index (χ0n) is 17.3. The zero-order chi connectivity index (χ0) is 22.4. The summed E-state index contributed by atoms with van der Waals surface area (Å²) in [6.45, 7) is 2.54. The minimum atomic E-state index is -1.68. The Morgan fingerprint density at radius 3 is 2.26 bits per heavy atom. The van der Waals surface area contributed by atoms with E-state index in [1.54, 1.807) is 0 Å². The maximum atomic E-state index is 13.6. The minimum absolute atomic E-state index is 0.00538. The number of anilines is 1. The van der Waals surface area contributed by atoms with E-state index in [4.69, 9.17) is 0 Å². The van der Waals surface area contributed by atoms with Gasteiger partial charge in [0.25, 0.3) is 0 Å². The molecular weight excluding hydrogens is 413 g/mol. The molecule has 3 rings (SSSR count). The van der Waals surface area contributed by atoms with Gasteiger partial charge in [0.1, 0.15) is 0 Å². The van der Waals surface area contributed by atoms with E-state index in [0.717, 1.165) is 32.0 Å². The zero-order valence-corrected chi connectivity index (χ0v) is 17.3. The van der Waals surface area contributed by atoms with Crippen LogP contribution >= 0.6 is 0 Å². The van der Waals surface area contributed by atoms with Crippen molar-refractivity contribution in [3.63, 3.8) is 0 Å². The average molecular weight is 440 g/mol. The summed E-state index contributed by atoms with van der Waals surface area (Å²) in [7, 11) is 0. The third kappa shape index (κ3) is 6.19. The summed E-state index contributed by atoms with van der Waals surface area (Å²) < 4.78 is 39.7. The Kier molecular flexibility index (Phi) is 7.89. The second kappa shape index (κ2) is 10.6. The Bertz CT molecular complexity index is 822. The number of piperidine rings is 2. The van der Waals surface area contributed by atoms with Crippen molar-refractivity contribution in [3.05, 3.63) is 29.6 Å². The van der Waals surface area contributed by atoms with Gasteiger partial charge in [0.15, 0.2) is 17.5 Å². The summed E-state index contributed by atoms with van der Waals surface area (Å²) in [5, 5.41) is 4.52. The molecule has 3 amide bonds. The number of rotatable bonds is 6. The van der Waals surface area contributed by atoms with Gasteiger partial charge in [0, 0.05) is 19.0 Å². The largest absolute Gasteiger partial charge is 0.346 e. The lowest BCUT2D eigenvalue weighted by atomic mass is 9.94. The van der Waals surface area contributed by atoms with E-state index in [2.05, 4.69) is 10.6 Å². The smallest absolute Gasteiger partial charge is 0.243 e. The fourth-order valence-electron chi connectivity index (χ4n) is 3.97. The normalized spacial score (nSPS) is 18.0. The predicted octanol–water partition coefficient (Wildman–Crippen LogP) is 1.88. The summed E-state index contributed by atoms with van der Waals surface area (Å²) in [6.07, 6.45) is 4.67. The number of hydrogen-bond donors (Lipinski definition) is 2. The van der Waals surface area contributed by atoms with Crippen molar-refractivity contribution in [2.24, 2.45) is 5.92 Å². The van der Waals surface area contributed by atoms with Crippen LogP contribution in [0.3, 0.4) is 0 Å². The molecule has 0 aromatic heterocycles. The quantitative estimate of drug-likeness (QED) is 0.662. The number of carbonyl (C=O) groups is 3. The van der Waals surface area contributed by atoms with Gasteiger partial charge in [0.05, 0.1) is 18.8 Å². The van der Waals surface area contributed by atoms with Crippen LogP contribution < -0.4 is 10.6 Å². The molecule has 0 aliphatic carbocycles. The molecule has 1 aromatic carbocycles. The number of amides is 3. The number of benzene rings is 1. The first kappa shape index (κ1) is 23.1. The van der Waals surface area contributed by atoms with Gasteiger partial charge in [-0.05, 0) is 57.3 Å². The Morgan fingerprint density at radius 2 is 1.58 bits per heavy atom. The second-order valence-electron chi connectivity index (χ2n) is 7.98. The fourth-order valence-corrected chi connectivity index (χ4v) is 3.97. The molecular formula is C21H27F3N4O3. The Morgan fingerprint density at radius 1 is 0.903 bits per heavy atom. The van der Waals surface area contributed by atoms with Gasteiger partial charge < -0.3 is 15.5 Å². The molecule has 170 valence electrons. The number of carbonyl (C=O) groups excluding carboxylic acids is 3. The average Bonchev–Trinajstić information content (AvgIpc) is 2.79. The highest BCUT2D eigenvalue weighted by atomic mass is 19.2. The van der Waals surface area contributed by atoms with Crippen LogP contribution in [0.5, 0.6) is 0 Å². The van der Waals surface area contributed by atoms with Crippen molar-refractivity contribution in [1.82, 2.24) is 15.1 Å². The van der Waals surface area contributed by atoms with Crippen molar-refractivity contribution in [3.8, 4) is 0 Å². The molecule has 2 N–H and O–H groups in total. The van der Waals surface area contributed by atoms with E-state index in [1.807, 2.05) is 9.80 Å². The van der Waals surface area contributed by atoms with Gasteiger partial charge in [0.2, 0.25) is 17.7 Å². The first-order valence-corrected chi connectivity index (χ1v) is 10.6. The van der Waals surface area contributed by atoms with Crippen LogP contribution in [0.4, 0.5) is 18.9 Å². The number of nitrogens with one attached hydrogen (secondary N) is 2. The lowest BCUT2D eigenvalue weighted by Crippen LogP contribution is -2.47. The van der Waals surface area contributed by atoms with Crippen LogP contribution in [0.1, 0.15) is 32.1 Å². The highest BCUT2D eigenvalue weighted by Crippen LogP contribution is 2.22. The molecule has 10 heteroatoms. The van der Waals surface area contributed by atoms with Crippen molar-refractivity contribution >= 4 is 23.4 Å². The van der Waals surface area contributed by atoms with Crippen LogP contribution in [-0.2, 0) is 14.4 Å². The van der Waals surface area contributed by atoms with E-state index >= 15 is 0 Å². The molecule has 0 radical (unpaired) electrons. The Balaban J connectivity index is 1.37. The molecule has 0 bridgehead atoms. The van der Waals surface area contributed by atoms with E-state index in [1.165, 1.54) is 6.42 Å². The number of likely N-dealkylation sites (tertiary alicyclic amines) is 2. The van der Waals surface area contributed by atoms with Crippen LogP contribution in [-0.4, -0.2) is 66.8 Å². The molecule has 2 aliphatic heterocycles. The first-order chi connectivity index (χ1) is 14.8. The van der Waals surface area contributed by atoms with Crippen molar-refractivity contribution < 1.29 is 27.6 Å². The van der Waals surface area contributed by atoms with Crippen molar-refractivity contribution in [2.75, 3.05) is 44.6 Å². The number of nitrogens with zero attached hydrogens (tertiary/aromatic N) is 2. The van der Waals surface area contributed by atoms with Crippen LogP contribution in [0.25, 0.3) is 0 Å². The lowest BCUT2D eigenvalue weighted by molar-refractivity contribution is -0.138. The molecule has 2 fully saturated rings. The SMILES string of the molecule is O=C(CN1CCC(C(=O)N2CCCCC2)CC1)NCC(=O)Nc1ccc(F)c(F)c1F. The Labute approximate surface area is 178 Å². The maximum absolute atomic E-state index is 13.6. The first-order valence-electron chi connectivity index (χ1n) is 10.6. The third-order valence-corrected chi connectivity index (χ3v) is 5.73. The van der Waals surface area contributed by atoms with Gasteiger partial charge in [-0.1, -0.05) is 0 Å². The van der Waals surface area contributed by atoms with Gasteiger partial charge in [-0.3, -0.25) is 19.3 Å². The molecule has 0 spiro atoms. The standard InChI is InChI=1S/C21H27F3N4O3/c22-15-4-5-16(20(24)19(15)23)26-17(29)12-25-18(30)13-27-10-6-14(7-11-27)21(31)28-8-2-1-3-9-28/h4-5,14H,1-3,6-13H2,(H,25,30)(H,26,29). The monoisotopic (exact) mass is 440 g/mol. The summed E-state index contributed by atoms with van der Waals surface area (Å²) in [5.74, 6) is -5.47. The molecule has 1 aromatic rings. The van der Waals surface area contributed by atoms with Crippen molar-refractivity contribution in [1.29, 1.82) is 0 Å². The van der Waals surface area contributed by atoms with E-state index in [-0.39, 0.29) is 24.3 Å². The highest BCUT2D eigenvalue weighted by molar-refractivity contribution is 5.94.